The highest BCUT2D eigenvalue weighted by molar-refractivity contribution is 9.10. The fraction of sp³-hybridized carbons (Fsp3) is 0.538. The highest BCUT2D eigenvalue weighted by Gasteiger charge is 2.23. The Morgan fingerprint density at radius 3 is 2.83 bits per heavy atom. The quantitative estimate of drug-likeness (QED) is 0.879. The molecule has 1 aliphatic rings. The van der Waals surface area contributed by atoms with E-state index in [2.05, 4.69) is 32.8 Å². The molecule has 1 fully saturated rings. The molecular weight excluding hydrogens is 294 g/mol. The molecule has 1 N–H and O–H groups in total. The smallest absolute Gasteiger partial charge is 0.304 e. The van der Waals surface area contributed by atoms with E-state index in [4.69, 9.17) is 0 Å². The van der Waals surface area contributed by atoms with Crippen LogP contribution in [0.2, 0.25) is 0 Å². The summed E-state index contributed by atoms with van der Waals surface area (Å²) in [5.74, 6) is 0.782. The standard InChI is InChI=1S/C13H16BrN3O/c1-8-2-4-10(5-3-8)17-12-11(16-13(17)18)6-9(14)7-15-12/h6-8,10H,2-5H2,1H3,(H,16,18). The Morgan fingerprint density at radius 2 is 2.11 bits per heavy atom. The minimum Gasteiger partial charge on any atom is -0.304 e. The van der Waals surface area contributed by atoms with Crippen molar-refractivity contribution in [3.63, 3.8) is 0 Å². The fourth-order valence-corrected chi connectivity index (χ4v) is 3.16. The number of nitrogens with one attached hydrogen (secondary N) is 1. The van der Waals surface area contributed by atoms with E-state index in [-0.39, 0.29) is 5.69 Å². The lowest BCUT2D eigenvalue weighted by Gasteiger charge is -2.26. The molecule has 0 unspecified atom stereocenters. The largest absolute Gasteiger partial charge is 0.327 e. The van der Waals surface area contributed by atoms with Crippen LogP contribution in [0.3, 0.4) is 0 Å². The maximum absolute atomic E-state index is 12.1. The molecule has 96 valence electrons. The SMILES string of the molecule is CC1CCC(n2c(=O)[nH]c3cc(Br)cnc32)CC1. The van der Waals surface area contributed by atoms with E-state index in [1.165, 1.54) is 12.8 Å². The zero-order valence-corrected chi connectivity index (χ0v) is 11.9. The van der Waals surface area contributed by atoms with Crippen LogP contribution in [-0.4, -0.2) is 14.5 Å². The number of pyridine rings is 1. The molecule has 2 heterocycles. The molecule has 0 aliphatic heterocycles. The van der Waals surface area contributed by atoms with Gasteiger partial charge in [0.05, 0.1) is 5.52 Å². The summed E-state index contributed by atoms with van der Waals surface area (Å²) in [4.78, 5) is 19.4. The number of H-pyrrole nitrogens is 1. The van der Waals surface area contributed by atoms with Crippen molar-refractivity contribution < 1.29 is 0 Å². The minimum absolute atomic E-state index is 0.0323. The van der Waals surface area contributed by atoms with Gasteiger partial charge in [-0.05, 0) is 53.6 Å². The van der Waals surface area contributed by atoms with Crippen molar-refractivity contribution in [3.8, 4) is 0 Å². The predicted molar refractivity (Wildman–Crippen MR) is 74.7 cm³/mol. The Bertz CT molecular complexity index is 623. The number of hydrogen-bond donors (Lipinski definition) is 1. The van der Waals surface area contributed by atoms with Crippen molar-refractivity contribution in [2.45, 2.75) is 38.6 Å². The van der Waals surface area contributed by atoms with Crippen LogP contribution in [0.5, 0.6) is 0 Å². The maximum atomic E-state index is 12.1. The minimum atomic E-state index is -0.0323. The Labute approximate surface area is 114 Å². The van der Waals surface area contributed by atoms with Gasteiger partial charge in [0.25, 0.3) is 0 Å². The molecule has 0 radical (unpaired) electrons. The number of rotatable bonds is 1. The first-order chi connectivity index (χ1) is 8.65. The molecule has 1 aliphatic carbocycles. The van der Waals surface area contributed by atoms with Gasteiger partial charge >= 0.3 is 5.69 Å². The maximum Gasteiger partial charge on any atom is 0.327 e. The Hall–Kier alpha value is -1.10. The zero-order valence-electron chi connectivity index (χ0n) is 10.3. The first-order valence-corrected chi connectivity index (χ1v) is 7.20. The van der Waals surface area contributed by atoms with Gasteiger partial charge in [-0.2, -0.15) is 0 Å². The van der Waals surface area contributed by atoms with Crippen molar-refractivity contribution in [3.05, 3.63) is 27.2 Å². The highest BCUT2D eigenvalue weighted by Crippen LogP contribution is 2.32. The number of fused-ring (bicyclic) bond motifs is 1. The van der Waals surface area contributed by atoms with E-state index in [9.17, 15) is 4.79 Å². The first-order valence-electron chi connectivity index (χ1n) is 6.41. The summed E-state index contributed by atoms with van der Waals surface area (Å²) in [6.07, 6.45) is 6.29. The Morgan fingerprint density at radius 1 is 1.39 bits per heavy atom. The lowest BCUT2D eigenvalue weighted by molar-refractivity contribution is 0.289. The summed E-state index contributed by atoms with van der Waals surface area (Å²) in [5, 5.41) is 0. The average Bonchev–Trinajstić information content (AvgIpc) is 2.65. The molecule has 3 rings (SSSR count). The van der Waals surface area contributed by atoms with Crippen LogP contribution < -0.4 is 5.69 Å². The van der Waals surface area contributed by atoms with Crippen molar-refractivity contribution in [2.75, 3.05) is 0 Å². The summed E-state index contributed by atoms with van der Waals surface area (Å²) >= 11 is 3.38. The van der Waals surface area contributed by atoms with Crippen LogP contribution in [0.4, 0.5) is 0 Å². The normalized spacial score (nSPS) is 24.6. The van der Waals surface area contributed by atoms with Gasteiger partial charge in [-0.3, -0.25) is 4.57 Å². The molecule has 2 aromatic rings. The van der Waals surface area contributed by atoms with E-state index >= 15 is 0 Å². The number of halogens is 1. The fourth-order valence-electron chi connectivity index (χ4n) is 2.83. The third-order valence-corrected chi connectivity index (χ3v) is 4.31. The molecule has 0 saturated heterocycles. The van der Waals surface area contributed by atoms with Crippen LogP contribution in [0.15, 0.2) is 21.5 Å². The number of imidazole rings is 1. The molecular formula is C13H16BrN3O. The van der Waals surface area contributed by atoms with Crippen LogP contribution in [0.1, 0.15) is 38.6 Å². The van der Waals surface area contributed by atoms with Gasteiger partial charge < -0.3 is 4.98 Å². The number of hydrogen-bond acceptors (Lipinski definition) is 2. The highest BCUT2D eigenvalue weighted by atomic mass is 79.9. The van der Waals surface area contributed by atoms with Crippen LogP contribution in [0, 0.1) is 5.92 Å². The molecule has 18 heavy (non-hydrogen) atoms. The van der Waals surface area contributed by atoms with Crippen molar-refractivity contribution in [1.82, 2.24) is 14.5 Å². The van der Waals surface area contributed by atoms with Crippen LogP contribution >= 0.6 is 15.9 Å². The molecule has 1 saturated carbocycles. The van der Waals surface area contributed by atoms with Crippen molar-refractivity contribution in [1.29, 1.82) is 0 Å². The second-order valence-corrected chi connectivity index (χ2v) is 6.15. The summed E-state index contributed by atoms with van der Waals surface area (Å²) in [5.41, 5.74) is 1.56. The first kappa shape index (κ1) is 12.0. The zero-order chi connectivity index (χ0) is 12.7. The number of aromatic amines is 1. The molecule has 0 atom stereocenters. The van der Waals surface area contributed by atoms with Gasteiger partial charge in [-0.1, -0.05) is 6.92 Å². The Kier molecular flexibility index (Phi) is 3.01. The summed E-state index contributed by atoms with van der Waals surface area (Å²) < 4.78 is 2.73. The van der Waals surface area contributed by atoms with Gasteiger partial charge in [0.15, 0.2) is 5.65 Å². The summed E-state index contributed by atoms with van der Waals surface area (Å²) in [6.45, 7) is 2.28. The van der Waals surface area contributed by atoms with Gasteiger partial charge in [-0.25, -0.2) is 9.78 Å². The van der Waals surface area contributed by atoms with Crippen molar-refractivity contribution >= 4 is 27.1 Å². The number of nitrogens with zero attached hydrogens (tertiary/aromatic N) is 2. The molecule has 4 nitrogen and oxygen atoms in total. The monoisotopic (exact) mass is 309 g/mol. The average molecular weight is 310 g/mol. The third kappa shape index (κ3) is 2.00. The van der Waals surface area contributed by atoms with E-state index in [1.807, 2.05) is 10.6 Å². The molecule has 0 spiro atoms. The summed E-state index contributed by atoms with van der Waals surface area (Å²) in [6, 6.07) is 2.21. The van der Waals surface area contributed by atoms with Gasteiger partial charge in [0.2, 0.25) is 0 Å². The second kappa shape index (κ2) is 4.53. The lowest BCUT2D eigenvalue weighted by Crippen LogP contribution is -2.25. The van der Waals surface area contributed by atoms with Gasteiger partial charge in [0.1, 0.15) is 0 Å². The van der Waals surface area contributed by atoms with E-state index in [1.54, 1.807) is 6.20 Å². The van der Waals surface area contributed by atoms with E-state index in [0.29, 0.717) is 6.04 Å². The molecule has 2 aromatic heterocycles. The predicted octanol–water partition coefficient (Wildman–Crippen LogP) is 3.24. The molecule has 0 amide bonds. The number of aromatic nitrogens is 3. The lowest BCUT2D eigenvalue weighted by atomic mass is 9.87. The van der Waals surface area contributed by atoms with Crippen LogP contribution in [-0.2, 0) is 0 Å². The third-order valence-electron chi connectivity index (χ3n) is 3.87. The van der Waals surface area contributed by atoms with Gasteiger partial charge in [0, 0.05) is 16.7 Å². The summed E-state index contributed by atoms with van der Waals surface area (Å²) in [7, 11) is 0. The van der Waals surface area contributed by atoms with E-state index in [0.717, 1.165) is 34.4 Å². The molecule has 5 heteroatoms. The Balaban J connectivity index is 2.06. The second-order valence-electron chi connectivity index (χ2n) is 5.24. The molecule has 0 bridgehead atoms. The van der Waals surface area contributed by atoms with E-state index < -0.39 is 0 Å². The van der Waals surface area contributed by atoms with Crippen LogP contribution in [0.25, 0.3) is 11.2 Å². The topological polar surface area (TPSA) is 50.7 Å². The van der Waals surface area contributed by atoms with Crippen molar-refractivity contribution in [2.24, 2.45) is 5.92 Å². The molecule has 0 aromatic carbocycles. The van der Waals surface area contributed by atoms with Gasteiger partial charge in [-0.15, -0.1) is 0 Å².